The first-order valence-electron chi connectivity index (χ1n) is 9.58. The Kier molecular flexibility index (Phi) is 8.81. The van der Waals surface area contributed by atoms with E-state index in [0.717, 1.165) is 6.42 Å². The summed E-state index contributed by atoms with van der Waals surface area (Å²) in [5, 5.41) is 13.8. The number of aromatic nitrogens is 2. The minimum atomic E-state index is -3.22. The van der Waals surface area contributed by atoms with Crippen LogP contribution in [0.25, 0.3) is 0 Å². The molecule has 0 aliphatic heterocycles. The standard InChI is InChI=1S/C18H27ClFN6O4P/c1-5-9-23(2)31(29,24(3)10-8-19)22-14-6-7-17(16(20)11-14)30-13-15-12-21-18(25(15)4)26(27)28/h6-7,11-12H,5,8-10,13H2,1-4H3,(H,22,29). The molecule has 1 atom stereocenters. The van der Waals surface area contributed by atoms with Crippen LogP contribution in [0.3, 0.4) is 0 Å². The summed E-state index contributed by atoms with van der Waals surface area (Å²) in [6.07, 6.45) is 2.10. The van der Waals surface area contributed by atoms with Gasteiger partial charge in [-0.1, -0.05) is 11.9 Å². The smallest absolute Gasteiger partial charge is 0.434 e. The van der Waals surface area contributed by atoms with Gasteiger partial charge in [0, 0.05) is 30.7 Å². The van der Waals surface area contributed by atoms with Gasteiger partial charge in [-0.25, -0.2) is 18.3 Å². The van der Waals surface area contributed by atoms with E-state index in [-0.39, 0.29) is 18.3 Å². The van der Waals surface area contributed by atoms with Gasteiger partial charge in [-0.15, -0.1) is 11.6 Å². The average molecular weight is 477 g/mol. The van der Waals surface area contributed by atoms with Crippen LogP contribution < -0.4 is 9.82 Å². The molecule has 13 heteroatoms. The summed E-state index contributed by atoms with van der Waals surface area (Å²) in [6, 6.07) is 4.17. The Morgan fingerprint density at radius 1 is 1.35 bits per heavy atom. The van der Waals surface area contributed by atoms with Gasteiger partial charge < -0.3 is 19.9 Å². The van der Waals surface area contributed by atoms with Crippen molar-refractivity contribution in [2.75, 3.05) is 38.2 Å². The topological polar surface area (TPSA) is 106 Å². The van der Waals surface area contributed by atoms with Crippen LogP contribution in [-0.4, -0.2) is 56.9 Å². The molecule has 0 saturated carbocycles. The molecule has 0 radical (unpaired) electrons. The van der Waals surface area contributed by atoms with Gasteiger partial charge in [0.1, 0.15) is 12.8 Å². The number of hydrogen-bond donors (Lipinski definition) is 1. The zero-order chi connectivity index (χ0) is 23.2. The molecule has 0 aliphatic rings. The number of nitrogens with zero attached hydrogens (tertiary/aromatic N) is 5. The number of alkyl halides is 1. The first-order valence-corrected chi connectivity index (χ1v) is 11.7. The number of hydrogen-bond acceptors (Lipinski definition) is 5. The molecule has 1 heterocycles. The zero-order valence-electron chi connectivity index (χ0n) is 17.9. The first-order chi connectivity index (χ1) is 14.6. The van der Waals surface area contributed by atoms with Crippen LogP contribution in [0.5, 0.6) is 5.75 Å². The van der Waals surface area contributed by atoms with E-state index in [9.17, 15) is 19.1 Å². The molecule has 0 bridgehead atoms. The maximum absolute atomic E-state index is 14.6. The molecule has 172 valence electrons. The molecule has 31 heavy (non-hydrogen) atoms. The van der Waals surface area contributed by atoms with Crippen molar-refractivity contribution in [3.8, 4) is 5.75 Å². The first kappa shape index (κ1) is 25.1. The van der Waals surface area contributed by atoms with Gasteiger partial charge in [0.15, 0.2) is 17.3 Å². The van der Waals surface area contributed by atoms with Crippen molar-refractivity contribution in [1.82, 2.24) is 18.9 Å². The van der Waals surface area contributed by atoms with Crippen LogP contribution in [0.4, 0.5) is 16.0 Å². The van der Waals surface area contributed by atoms with E-state index in [1.165, 1.54) is 29.9 Å². The van der Waals surface area contributed by atoms with Gasteiger partial charge in [0.25, 0.3) is 0 Å². The lowest BCUT2D eigenvalue weighted by atomic mass is 10.3. The summed E-state index contributed by atoms with van der Waals surface area (Å²) in [6.45, 7) is 2.85. The van der Waals surface area contributed by atoms with E-state index < -0.39 is 18.3 Å². The highest BCUT2D eigenvalue weighted by atomic mass is 35.5. The molecule has 1 N–H and O–H groups in total. The summed E-state index contributed by atoms with van der Waals surface area (Å²) < 4.78 is 38.3. The van der Waals surface area contributed by atoms with Crippen molar-refractivity contribution in [2.45, 2.75) is 20.0 Å². The third-order valence-corrected chi connectivity index (χ3v) is 7.66. The van der Waals surface area contributed by atoms with E-state index in [4.69, 9.17) is 16.3 Å². The van der Waals surface area contributed by atoms with Gasteiger partial charge in [-0.2, -0.15) is 0 Å². The van der Waals surface area contributed by atoms with Crippen molar-refractivity contribution in [3.63, 3.8) is 0 Å². The summed E-state index contributed by atoms with van der Waals surface area (Å²) in [7, 11) is 1.70. The molecular weight excluding hydrogens is 450 g/mol. The molecule has 0 saturated heterocycles. The normalized spacial score (nSPS) is 13.4. The highest BCUT2D eigenvalue weighted by molar-refractivity contribution is 7.60. The number of halogens is 2. The summed E-state index contributed by atoms with van der Waals surface area (Å²) in [4.78, 5) is 14.0. The van der Waals surface area contributed by atoms with Crippen molar-refractivity contribution < 1.29 is 18.6 Å². The van der Waals surface area contributed by atoms with Gasteiger partial charge in [-0.3, -0.25) is 4.57 Å². The number of imidazole rings is 1. The van der Waals surface area contributed by atoms with E-state index in [0.29, 0.717) is 30.4 Å². The molecule has 10 nitrogen and oxygen atoms in total. The second kappa shape index (κ2) is 10.9. The Morgan fingerprint density at radius 3 is 2.58 bits per heavy atom. The molecule has 0 aliphatic carbocycles. The number of rotatable bonds is 12. The Hall–Kier alpha value is -2.20. The quantitative estimate of drug-likeness (QED) is 0.211. The van der Waals surface area contributed by atoms with Gasteiger partial charge in [0.05, 0.1) is 7.05 Å². The van der Waals surface area contributed by atoms with E-state index in [2.05, 4.69) is 10.1 Å². The zero-order valence-corrected chi connectivity index (χ0v) is 19.6. The van der Waals surface area contributed by atoms with Crippen molar-refractivity contribution in [2.24, 2.45) is 7.05 Å². The highest BCUT2D eigenvalue weighted by Crippen LogP contribution is 2.51. The molecule has 1 aromatic heterocycles. The maximum Gasteiger partial charge on any atom is 0.434 e. The van der Waals surface area contributed by atoms with Crippen LogP contribution in [0.15, 0.2) is 24.4 Å². The minimum absolute atomic E-state index is 0.0414. The van der Waals surface area contributed by atoms with Crippen molar-refractivity contribution in [3.05, 3.63) is 46.0 Å². The number of benzene rings is 1. The van der Waals surface area contributed by atoms with Crippen LogP contribution in [0.1, 0.15) is 19.0 Å². The van der Waals surface area contributed by atoms with E-state index in [1.807, 2.05) is 6.92 Å². The second-order valence-corrected chi connectivity index (χ2v) is 9.96. The van der Waals surface area contributed by atoms with Crippen LogP contribution >= 0.6 is 19.2 Å². The predicted octanol–water partition coefficient (Wildman–Crippen LogP) is 4.08. The molecule has 0 fully saturated rings. The van der Waals surface area contributed by atoms with Crippen LogP contribution in [0, 0.1) is 15.9 Å². The maximum atomic E-state index is 14.6. The predicted molar refractivity (Wildman–Crippen MR) is 118 cm³/mol. The van der Waals surface area contributed by atoms with Gasteiger partial charge in [0.2, 0.25) is 0 Å². The van der Waals surface area contributed by atoms with E-state index >= 15 is 0 Å². The van der Waals surface area contributed by atoms with Gasteiger partial charge >= 0.3 is 13.5 Å². The third kappa shape index (κ3) is 5.94. The molecule has 0 spiro atoms. The lowest BCUT2D eigenvalue weighted by molar-refractivity contribution is -0.396. The van der Waals surface area contributed by atoms with Crippen LogP contribution in [0.2, 0.25) is 0 Å². The number of nitrogens with one attached hydrogen (secondary N) is 1. The Balaban J connectivity index is 2.16. The lowest BCUT2D eigenvalue weighted by Gasteiger charge is -2.35. The molecule has 2 rings (SSSR count). The third-order valence-electron chi connectivity index (χ3n) is 4.69. The lowest BCUT2D eigenvalue weighted by Crippen LogP contribution is -2.32. The number of nitro groups is 1. The summed E-state index contributed by atoms with van der Waals surface area (Å²) >= 11 is 5.82. The van der Waals surface area contributed by atoms with E-state index in [1.54, 1.807) is 29.5 Å². The molecular formula is C18H27ClFN6O4P. The van der Waals surface area contributed by atoms with Crippen LogP contribution in [-0.2, 0) is 18.2 Å². The molecule has 1 unspecified atom stereocenters. The Morgan fingerprint density at radius 2 is 2.03 bits per heavy atom. The molecule has 1 aromatic carbocycles. The summed E-state index contributed by atoms with van der Waals surface area (Å²) in [5.41, 5.74) is 0.746. The fourth-order valence-corrected chi connectivity index (χ4v) is 5.45. The Bertz CT molecular complexity index is 943. The fourth-order valence-electron chi connectivity index (χ4n) is 2.89. The Labute approximate surface area is 185 Å². The molecule has 0 amide bonds. The minimum Gasteiger partial charge on any atom is -0.483 e. The SMILES string of the molecule is CCCN(C)P(=O)(Nc1ccc(OCc2cnc([N+](=O)[O-])n2C)c(F)c1)N(C)CCCl. The van der Waals surface area contributed by atoms with Gasteiger partial charge in [-0.05, 0) is 37.6 Å². The number of ether oxygens (including phenoxy) is 1. The molecule has 2 aromatic rings. The second-order valence-electron chi connectivity index (χ2n) is 6.91. The fraction of sp³-hybridized carbons (Fsp3) is 0.500. The average Bonchev–Trinajstić information content (AvgIpc) is 3.08. The highest BCUT2D eigenvalue weighted by Gasteiger charge is 2.32. The number of anilines is 1. The summed E-state index contributed by atoms with van der Waals surface area (Å²) in [5.74, 6) is -0.728. The van der Waals surface area contributed by atoms with Crippen molar-refractivity contribution >= 4 is 30.8 Å². The van der Waals surface area contributed by atoms with Crippen molar-refractivity contribution in [1.29, 1.82) is 0 Å². The monoisotopic (exact) mass is 476 g/mol. The largest absolute Gasteiger partial charge is 0.483 e.